The van der Waals surface area contributed by atoms with Crippen molar-refractivity contribution in [2.45, 2.75) is 29.9 Å². The lowest BCUT2D eigenvalue weighted by Gasteiger charge is -2.08. The van der Waals surface area contributed by atoms with E-state index in [1.807, 2.05) is 18.2 Å². The standard InChI is InChI=1S/C15H19N3O3S/c1-19-12-6-5-10(8-13(12)20-2)9-22-15-18-17-14(21-15)11-4-3-7-16-11/h5-6,8,11,16H,3-4,7,9H2,1-2H3/t11-/m0/s1. The number of hydrogen-bond acceptors (Lipinski definition) is 7. The van der Waals surface area contributed by atoms with E-state index in [9.17, 15) is 0 Å². The molecule has 0 spiro atoms. The Morgan fingerprint density at radius 3 is 2.86 bits per heavy atom. The maximum Gasteiger partial charge on any atom is 0.276 e. The van der Waals surface area contributed by atoms with E-state index in [1.54, 1.807) is 14.2 Å². The number of methoxy groups -OCH3 is 2. The van der Waals surface area contributed by atoms with E-state index in [0.717, 1.165) is 42.2 Å². The summed E-state index contributed by atoms with van der Waals surface area (Å²) in [6.45, 7) is 1.02. The van der Waals surface area contributed by atoms with Crippen LogP contribution in [0.25, 0.3) is 0 Å². The zero-order chi connectivity index (χ0) is 15.4. The fraction of sp³-hybridized carbons (Fsp3) is 0.467. The van der Waals surface area contributed by atoms with Gasteiger partial charge in [-0.2, -0.15) is 0 Å². The van der Waals surface area contributed by atoms with Crippen molar-refractivity contribution in [3.63, 3.8) is 0 Å². The van der Waals surface area contributed by atoms with Gasteiger partial charge >= 0.3 is 0 Å². The Bertz CT molecular complexity index is 626. The molecule has 1 saturated heterocycles. The van der Waals surface area contributed by atoms with E-state index in [-0.39, 0.29) is 6.04 Å². The predicted octanol–water partition coefficient (Wildman–Crippen LogP) is 2.80. The second kappa shape index (κ2) is 7.02. The first-order chi connectivity index (χ1) is 10.8. The highest BCUT2D eigenvalue weighted by Crippen LogP contribution is 2.31. The predicted molar refractivity (Wildman–Crippen MR) is 83.4 cm³/mol. The van der Waals surface area contributed by atoms with Crippen LogP contribution in [0.1, 0.15) is 30.3 Å². The molecule has 2 aromatic rings. The van der Waals surface area contributed by atoms with Crippen LogP contribution >= 0.6 is 11.8 Å². The Hall–Kier alpha value is -1.73. The first kappa shape index (κ1) is 15.2. The minimum atomic E-state index is 0.211. The van der Waals surface area contributed by atoms with Crippen molar-refractivity contribution in [1.29, 1.82) is 0 Å². The summed E-state index contributed by atoms with van der Waals surface area (Å²) in [5, 5.41) is 12.2. The van der Waals surface area contributed by atoms with Crippen LogP contribution in [0.3, 0.4) is 0 Å². The molecule has 0 bridgehead atoms. The van der Waals surface area contributed by atoms with E-state index >= 15 is 0 Å². The van der Waals surface area contributed by atoms with Crippen LogP contribution in [0.4, 0.5) is 0 Å². The van der Waals surface area contributed by atoms with Crippen LogP contribution in [0.5, 0.6) is 11.5 Å². The number of nitrogens with zero attached hydrogens (tertiary/aromatic N) is 2. The minimum absolute atomic E-state index is 0.211. The third-order valence-corrected chi connectivity index (χ3v) is 4.48. The van der Waals surface area contributed by atoms with Gasteiger partial charge in [-0.25, -0.2) is 0 Å². The molecular weight excluding hydrogens is 302 g/mol. The molecule has 1 N–H and O–H groups in total. The highest BCUT2D eigenvalue weighted by atomic mass is 32.2. The fourth-order valence-corrected chi connectivity index (χ4v) is 3.14. The second-order valence-corrected chi connectivity index (χ2v) is 5.96. The molecule has 1 fully saturated rings. The summed E-state index contributed by atoms with van der Waals surface area (Å²) < 4.78 is 16.3. The van der Waals surface area contributed by atoms with Crippen LogP contribution < -0.4 is 14.8 Å². The Morgan fingerprint density at radius 2 is 2.14 bits per heavy atom. The minimum Gasteiger partial charge on any atom is -0.493 e. The monoisotopic (exact) mass is 321 g/mol. The van der Waals surface area contributed by atoms with Crippen LogP contribution in [-0.4, -0.2) is 31.0 Å². The van der Waals surface area contributed by atoms with Crippen molar-refractivity contribution in [1.82, 2.24) is 15.5 Å². The molecular formula is C15H19N3O3S. The van der Waals surface area contributed by atoms with E-state index in [1.165, 1.54) is 11.8 Å². The van der Waals surface area contributed by atoms with Crippen LogP contribution in [0.2, 0.25) is 0 Å². The zero-order valence-electron chi connectivity index (χ0n) is 12.7. The summed E-state index contributed by atoms with van der Waals surface area (Å²) in [4.78, 5) is 0. The molecule has 7 heteroatoms. The van der Waals surface area contributed by atoms with Crippen LogP contribution in [0.15, 0.2) is 27.8 Å². The molecule has 1 aromatic carbocycles. The highest BCUT2D eigenvalue weighted by molar-refractivity contribution is 7.98. The van der Waals surface area contributed by atoms with Gasteiger partial charge in [0.25, 0.3) is 5.22 Å². The lowest BCUT2D eigenvalue weighted by Crippen LogP contribution is -2.12. The quantitative estimate of drug-likeness (QED) is 0.820. The van der Waals surface area contributed by atoms with Crippen molar-refractivity contribution in [2.75, 3.05) is 20.8 Å². The number of benzene rings is 1. The lowest BCUT2D eigenvalue weighted by atomic mass is 10.2. The Labute approximate surface area is 133 Å². The van der Waals surface area contributed by atoms with Crippen LogP contribution in [-0.2, 0) is 5.75 Å². The maximum absolute atomic E-state index is 5.71. The Balaban J connectivity index is 1.62. The average Bonchev–Trinajstić information content (AvgIpc) is 3.23. The van der Waals surface area contributed by atoms with E-state index < -0.39 is 0 Å². The molecule has 0 radical (unpaired) electrons. The molecule has 0 aliphatic carbocycles. The molecule has 3 rings (SSSR count). The number of aromatic nitrogens is 2. The van der Waals surface area contributed by atoms with Crippen molar-refractivity contribution >= 4 is 11.8 Å². The van der Waals surface area contributed by atoms with Gasteiger partial charge in [-0.05, 0) is 37.1 Å². The van der Waals surface area contributed by atoms with Crippen molar-refractivity contribution in [3.8, 4) is 11.5 Å². The molecule has 0 saturated carbocycles. The van der Waals surface area contributed by atoms with Gasteiger partial charge in [0.2, 0.25) is 5.89 Å². The summed E-state index contributed by atoms with van der Waals surface area (Å²) in [5.74, 6) is 2.87. The summed E-state index contributed by atoms with van der Waals surface area (Å²) in [5.41, 5.74) is 1.11. The largest absolute Gasteiger partial charge is 0.493 e. The average molecular weight is 321 g/mol. The maximum atomic E-state index is 5.71. The molecule has 118 valence electrons. The zero-order valence-corrected chi connectivity index (χ0v) is 13.5. The number of nitrogens with one attached hydrogen (secondary N) is 1. The van der Waals surface area contributed by atoms with Gasteiger partial charge in [0, 0.05) is 5.75 Å². The third-order valence-electron chi connectivity index (χ3n) is 3.59. The van der Waals surface area contributed by atoms with Gasteiger partial charge in [0.05, 0.1) is 20.3 Å². The molecule has 22 heavy (non-hydrogen) atoms. The smallest absolute Gasteiger partial charge is 0.276 e. The number of thioether (sulfide) groups is 1. The third kappa shape index (κ3) is 3.36. The first-order valence-corrected chi connectivity index (χ1v) is 8.19. The van der Waals surface area contributed by atoms with Gasteiger partial charge in [-0.1, -0.05) is 17.8 Å². The SMILES string of the molecule is COc1ccc(CSc2nnc([C@@H]3CCCN3)o2)cc1OC. The van der Waals surface area contributed by atoms with E-state index in [2.05, 4.69) is 15.5 Å². The van der Waals surface area contributed by atoms with Crippen molar-refractivity contribution in [2.24, 2.45) is 0 Å². The van der Waals surface area contributed by atoms with E-state index in [0.29, 0.717) is 11.1 Å². The number of ether oxygens (including phenoxy) is 2. The molecule has 1 aliphatic heterocycles. The molecule has 1 aliphatic rings. The number of hydrogen-bond donors (Lipinski definition) is 1. The lowest BCUT2D eigenvalue weighted by molar-refractivity contribution is 0.354. The highest BCUT2D eigenvalue weighted by Gasteiger charge is 2.22. The molecule has 1 atom stereocenters. The van der Waals surface area contributed by atoms with Crippen LogP contribution in [0, 0.1) is 0 Å². The normalized spacial score (nSPS) is 17.6. The summed E-state index contributed by atoms with van der Waals surface area (Å²) in [7, 11) is 3.26. The molecule has 0 amide bonds. The topological polar surface area (TPSA) is 69.4 Å². The fourth-order valence-electron chi connectivity index (χ4n) is 2.43. The Kier molecular flexibility index (Phi) is 4.84. The summed E-state index contributed by atoms with van der Waals surface area (Å²) >= 11 is 1.52. The van der Waals surface area contributed by atoms with E-state index in [4.69, 9.17) is 13.9 Å². The summed E-state index contributed by atoms with van der Waals surface area (Å²) in [6.07, 6.45) is 2.21. The van der Waals surface area contributed by atoms with Gasteiger partial charge < -0.3 is 19.2 Å². The van der Waals surface area contributed by atoms with Gasteiger partial charge in [-0.15, -0.1) is 10.2 Å². The second-order valence-electron chi connectivity index (χ2n) is 5.03. The number of rotatable bonds is 6. The van der Waals surface area contributed by atoms with Gasteiger partial charge in [0.15, 0.2) is 11.5 Å². The van der Waals surface area contributed by atoms with Gasteiger partial charge in [0.1, 0.15) is 0 Å². The molecule has 0 unspecified atom stereocenters. The Morgan fingerprint density at radius 1 is 1.27 bits per heavy atom. The van der Waals surface area contributed by atoms with Gasteiger partial charge in [-0.3, -0.25) is 0 Å². The van der Waals surface area contributed by atoms with Crippen molar-refractivity contribution in [3.05, 3.63) is 29.7 Å². The first-order valence-electron chi connectivity index (χ1n) is 7.20. The molecule has 1 aromatic heterocycles. The molecule has 6 nitrogen and oxygen atoms in total. The van der Waals surface area contributed by atoms with Crippen molar-refractivity contribution < 1.29 is 13.9 Å². The summed E-state index contributed by atoms with van der Waals surface area (Å²) in [6, 6.07) is 6.07. The molecule has 2 heterocycles.